The number of hydrogen-bond acceptors (Lipinski definition) is 5. The predicted molar refractivity (Wildman–Crippen MR) is 131 cm³/mol. The summed E-state index contributed by atoms with van der Waals surface area (Å²) in [6.07, 6.45) is 11.9. The third kappa shape index (κ3) is 6.49. The first-order valence-corrected chi connectivity index (χ1v) is 14.4. The number of carbonyl (C=O) groups is 1. The highest BCUT2D eigenvalue weighted by Gasteiger charge is 2.41. The molecule has 2 saturated heterocycles. The molecule has 0 radical (unpaired) electrons. The Kier molecular flexibility index (Phi) is 7.97. The van der Waals surface area contributed by atoms with Crippen LogP contribution in [0, 0.1) is 5.92 Å². The van der Waals surface area contributed by atoms with Gasteiger partial charge in [0.1, 0.15) is 6.61 Å². The molecule has 7 nitrogen and oxygen atoms in total. The number of nitrogens with one attached hydrogen (secondary N) is 1. The minimum absolute atomic E-state index is 0.141. The van der Waals surface area contributed by atoms with Crippen molar-refractivity contribution in [2.24, 2.45) is 5.92 Å². The number of piperidine rings is 1. The molecule has 1 aromatic carbocycles. The average Bonchev–Trinajstić information content (AvgIpc) is 3.02. The summed E-state index contributed by atoms with van der Waals surface area (Å²) in [4.78, 5) is 16.9. The number of fused-ring (bicyclic) bond motifs is 2. The first-order chi connectivity index (χ1) is 15.8. The van der Waals surface area contributed by atoms with E-state index in [2.05, 4.69) is 15.7 Å². The molecule has 3 aliphatic rings. The van der Waals surface area contributed by atoms with Gasteiger partial charge in [-0.1, -0.05) is 31.4 Å². The molecule has 2 heterocycles. The number of aliphatic hydroxyl groups excluding tert-OH is 1. The van der Waals surface area contributed by atoms with Gasteiger partial charge in [0.15, 0.2) is 0 Å². The zero-order valence-electron chi connectivity index (χ0n) is 19.8. The first-order valence-electron chi connectivity index (χ1n) is 12.5. The highest BCUT2D eigenvalue weighted by molar-refractivity contribution is 7.92. The van der Waals surface area contributed by atoms with Gasteiger partial charge in [0.2, 0.25) is 15.9 Å². The second kappa shape index (κ2) is 10.7. The molecular weight excluding hydrogens is 438 g/mol. The summed E-state index contributed by atoms with van der Waals surface area (Å²) in [7, 11) is -3.29. The highest BCUT2D eigenvalue weighted by atomic mass is 32.2. The molecule has 1 aromatic rings. The monoisotopic (exact) mass is 477 g/mol. The van der Waals surface area contributed by atoms with E-state index >= 15 is 0 Å². The average molecular weight is 478 g/mol. The number of sulfonamides is 1. The molecule has 8 heteroatoms. The minimum atomic E-state index is -3.29. The fourth-order valence-corrected chi connectivity index (χ4v) is 6.87. The van der Waals surface area contributed by atoms with Gasteiger partial charge in [0, 0.05) is 37.4 Å². The van der Waals surface area contributed by atoms with Gasteiger partial charge >= 0.3 is 0 Å². The van der Waals surface area contributed by atoms with E-state index in [9.17, 15) is 18.3 Å². The van der Waals surface area contributed by atoms with Gasteiger partial charge in [0.05, 0.1) is 6.26 Å². The van der Waals surface area contributed by atoms with Crippen molar-refractivity contribution in [1.29, 1.82) is 0 Å². The molecule has 3 atom stereocenters. The zero-order valence-corrected chi connectivity index (χ0v) is 20.6. The Morgan fingerprint density at radius 1 is 1.12 bits per heavy atom. The van der Waals surface area contributed by atoms with Crippen molar-refractivity contribution >= 4 is 21.6 Å². The summed E-state index contributed by atoms with van der Waals surface area (Å²) in [5, 5.41) is 9.49. The van der Waals surface area contributed by atoms with Crippen LogP contribution < -0.4 is 4.72 Å². The van der Waals surface area contributed by atoms with Gasteiger partial charge in [-0.25, -0.2) is 8.42 Å². The molecule has 2 N–H and O–H groups in total. The van der Waals surface area contributed by atoms with Crippen LogP contribution in [-0.2, 0) is 14.8 Å². The number of hydrogen-bond donors (Lipinski definition) is 2. The molecule has 2 bridgehead atoms. The standard InChI is InChI=1S/C25H39N3O4S/c1-33(31,32)26-22-9-5-8-20(14-22)21-15-23-10-11-24(16-21)28(23)13-12-27(25(30)18-29)17-19-6-3-2-4-7-19/h5,8-9,14,19,21,23-24,26,29H,2-4,6-7,10-13,15-18H2,1H3/t21-,23+,24-. The maximum absolute atomic E-state index is 12.4. The molecule has 1 amide bonds. The fraction of sp³-hybridized carbons (Fsp3) is 0.720. The van der Waals surface area contributed by atoms with Gasteiger partial charge in [-0.3, -0.25) is 14.4 Å². The SMILES string of the molecule is CS(=O)(=O)Nc1cccc([C@H]2C[C@H]3CC[C@@H](C2)N3CCN(CC2CCCCC2)C(=O)CO)c1. The maximum Gasteiger partial charge on any atom is 0.248 e. The normalized spacial score (nSPS) is 26.3. The Bertz CT molecular complexity index is 902. The predicted octanol–water partition coefficient (Wildman–Crippen LogP) is 3.17. The summed E-state index contributed by atoms with van der Waals surface area (Å²) in [5.74, 6) is 0.861. The van der Waals surface area contributed by atoms with E-state index in [1.165, 1.54) is 56.8 Å². The third-order valence-electron chi connectivity index (χ3n) is 7.87. The minimum Gasteiger partial charge on any atom is -0.387 e. The molecule has 33 heavy (non-hydrogen) atoms. The van der Waals surface area contributed by atoms with Crippen LogP contribution in [0.2, 0.25) is 0 Å². The maximum atomic E-state index is 12.4. The van der Waals surface area contributed by atoms with Crippen molar-refractivity contribution in [2.45, 2.75) is 75.8 Å². The lowest BCUT2D eigenvalue weighted by molar-refractivity contribution is -0.135. The largest absolute Gasteiger partial charge is 0.387 e. The Morgan fingerprint density at radius 3 is 2.45 bits per heavy atom. The molecule has 3 fully saturated rings. The number of carbonyl (C=O) groups excluding carboxylic acids is 1. The molecular formula is C25H39N3O4S. The van der Waals surface area contributed by atoms with E-state index in [0.717, 1.165) is 25.9 Å². The number of nitrogens with zero attached hydrogens (tertiary/aromatic N) is 2. The summed E-state index contributed by atoms with van der Waals surface area (Å²) in [5.41, 5.74) is 1.83. The summed E-state index contributed by atoms with van der Waals surface area (Å²) in [6.45, 7) is 1.95. The van der Waals surface area contributed by atoms with Crippen LogP contribution in [0.15, 0.2) is 24.3 Å². The van der Waals surface area contributed by atoms with Crippen LogP contribution in [0.5, 0.6) is 0 Å². The summed E-state index contributed by atoms with van der Waals surface area (Å²) < 4.78 is 25.8. The van der Waals surface area contributed by atoms with E-state index in [-0.39, 0.29) is 5.91 Å². The molecule has 0 aromatic heterocycles. The zero-order chi connectivity index (χ0) is 23.4. The van der Waals surface area contributed by atoms with Crippen molar-refractivity contribution in [3.8, 4) is 0 Å². The fourth-order valence-electron chi connectivity index (χ4n) is 6.32. The molecule has 4 rings (SSSR count). The van der Waals surface area contributed by atoms with Crippen LogP contribution in [-0.4, -0.2) is 73.8 Å². The Morgan fingerprint density at radius 2 is 1.82 bits per heavy atom. The Balaban J connectivity index is 1.36. The molecule has 184 valence electrons. The second-order valence-corrected chi connectivity index (χ2v) is 12.0. The second-order valence-electron chi connectivity index (χ2n) is 10.3. The van der Waals surface area contributed by atoms with Gasteiger partial charge in [0.25, 0.3) is 0 Å². The number of anilines is 1. The van der Waals surface area contributed by atoms with Crippen molar-refractivity contribution in [3.05, 3.63) is 29.8 Å². The van der Waals surface area contributed by atoms with Crippen molar-refractivity contribution in [3.63, 3.8) is 0 Å². The van der Waals surface area contributed by atoms with Gasteiger partial charge in [-0.2, -0.15) is 0 Å². The van der Waals surface area contributed by atoms with Crippen molar-refractivity contribution < 1.29 is 18.3 Å². The Labute approximate surface area is 198 Å². The van der Waals surface area contributed by atoms with Crippen LogP contribution in [0.3, 0.4) is 0 Å². The lowest BCUT2D eigenvalue weighted by atomic mass is 9.85. The lowest BCUT2D eigenvalue weighted by Gasteiger charge is -2.40. The number of amides is 1. The smallest absolute Gasteiger partial charge is 0.248 e. The van der Waals surface area contributed by atoms with Gasteiger partial charge < -0.3 is 10.0 Å². The quantitative estimate of drug-likeness (QED) is 0.570. The van der Waals surface area contributed by atoms with E-state index in [1.807, 2.05) is 17.0 Å². The van der Waals surface area contributed by atoms with Crippen LogP contribution in [0.4, 0.5) is 5.69 Å². The highest BCUT2D eigenvalue weighted by Crippen LogP contribution is 2.43. The number of rotatable bonds is 9. The van der Waals surface area contributed by atoms with Crippen LogP contribution in [0.1, 0.15) is 69.3 Å². The number of aliphatic hydroxyl groups is 1. The van der Waals surface area contributed by atoms with Crippen LogP contribution >= 0.6 is 0 Å². The third-order valence-corrected chi connectivity index (χ3v) is 8.47. The van der Waals surface area contributed by atoms with E-state index < -0.39 is 16.6 Å². The molecule has 2 aliphatic heterocycles. The van der Waals surface area contributed by atoms with E-state index in [4.69, 9.17) is 0 Å². The molecule has 1 saturated carbocycles. The number of benzene rings is 1. The molecule has 1 aliphatic carbocycles. The summed E-state index contributed by atoms with van der Waals surface area (Å²) >= 11 is 0. The van der Waals surface area contributed by atoms with Crippen molar-refractivity contribution in [1.82, 2.24) is 9.80 Å². The Hall–Kier alpha value is -1.64. The lowest BCUT2D eigenvalue weighted by Crippen LogP contribution is -2.48. The van der Waals surface area contributed by atoms with Gasteiger partial charge in [-0.05, 0) is 68.1 Å². The van der Waals surface area contributed by atoms with Crippen LogP contribution in [0.25, 0.3) is 0 Å². The van der Waals surface area contributed by atoms with Crippen molar-refractivity contribution in [2.75, 3.05) is 37.2 Å². The first kappa shape index (κ1) is 24.5. The molecule has 0 spiro atoms. The van der Waals surface area contributed by atoms with E-state index in [0.29, 0.717) is 36.2 Å². The van der Waals surface area contributed by atoms with Gasteiger partial charge in [-0.15, -0.1) is 0 Å². The topological polar surface area (TPSA) is 90.0 Å². The van der Waals surface area contributed by atoms with E-state index in [1.54, 1.807) is 6.07 Å². The molecule has 0 unspecified atom stereocenters. The summed E-state index contributed by atoms with van der Waals surface area (Å²) in [6, 6.07) is 8.82.